The lowest BCUT2D eigenvalue weighted by molar-refractivity contribution is -0.137. The van der Waals surface area contributed by atoms with Gasteiger partial charge in [-0.25, -0.2) is 0 Å². The molecule has 1 aliphatic rings. The van der Waals surface area contributed by atoms with Gasteiger partial charge in [-0.05, 0) is 43.0 Å². The van der Waals surface area contributed by atoms with Crippen LogP contribution < -0.4 is 10.1 Å². The van der Waals surface area contributed by atoms with Gasteiger partial charge in [0.2, 0.25) is 17.6 Å². The maximum absolute atomic E-state index is 13.0. The number of amides is 2. The fraction of sp³-hybridized carbons (Fsp3) is 0.400. The highest BCUT2D eigenvalue weighted by atomic mass is 16.5. The van der Waals surface area contributed by atoms with Gasteiger partial charge in [-0.1, -0.05) is 37.2 Å². The van der Waals surface area contributed by atoms with E-state index in [-0.39, 0.29) is 30.3 Å². The van der Waals surface area contributed by atoms with E-state index in [2.05, 4.69) is 20.4 Å². The number of pyridine rings is 1. The number of nitrogens with zero attached hydrogens (tertiary/aromatic N) is 4. The third kappa shape index (κ3) is 5.78. The van der Waals surface area contributed by atoms with Gasteiger partial charge >= 0.3 is 0 Å². The summed E-state index contributed by atoms with van der Waals surface area (Å²) in [5, 5.41) is 7.14. The number of piperidine rings is 1. The molecule has 4 rings (SSSR count). The number of likely N-dealkylation sites (tertiary alicyclic amines) is 1. The van der Waals surface area contributed by atoms with Gasteiger partial charge in [-0.2, -0.15) is 4.98 Å². The molecule has 0 aliphatic carbocycles. The summed E-state index contributed by atoms with van der Waals surface area (Å²) in [6.45, 7) is 5.03. The summed E-state index contributed by atoms with van der Waals surface area (Å²) in [4.78, 5) is 35.7. The van der Waals surface area contributed by atoms with Crippen molar-refractivity contribution >= 4 is 11.8 Å². The average Bonchev–Trinajstić information content (AvgIpc) is 3.36. The molecule has 34 heavy (non-hydrogen) atoms. The lowest BCUT2D eigenvalue weighted by Crippen LogP contribution is -2.45. The molecule has 0 bridgehead atoms. The fourth-order valence-electron chi connectivity index (χ4n) is 3.91. The van der Waals surface area contributed by atoms with E-state index in [0.717, 1.165) is 5.56 Å². The number of ether oxygens (including phenoxy) is 1. The second-order valence-electron chi connectivity index (χ2n) is 8.68. The highest BCUT2D eigenvalue weighted by Gasteiger charge is 2.31. The van der Waals surface area contributed by atoms with Gasteiger partial charge < -0.3 is 19.5 Å². The Balaban J connectivity index is 1.30. The van der Waals surface area contributed by atoms with Crippen molar-refractivity contribution in [1.29, 1.82) is 0 Å². The van der Waals surface area contributed by atoms with Crippen molar-refractivity contribution in [3.63, 3.8) is 0 Å². The Hall–Kier alpha value is -3.75. The van der Waals surface area contributed by atoms with Gasteiger partial charge in [0.05, 0.1) is 0 Å². The molecule has 1 unspecified atom stereocenters. The summed E-state index contributed by atoms with van der Waals surface area (Å²) in [6, 6.07) is 12.5. The number of aromatic nitrogens is 3. The second-order valence-corrected chi connectivity index (χ2v) is 8.68. The molecule has 1 atom stereocenters. The molecule has 9 heteroatoms. The van der Waals surface area contributed by atoms with Crippen molar-refractivity contribution in [1.82, 2.24) is 25.3 Å². The Morgan fingerprint density at radius 1 is 1.12 bits per heavy atom. The summed E-state index contributed by atoms with van der Waals surface area (Å²) in [6.07, 6.45) is 4.52. The number of hydrogen-bond acceptors (Lipinski definition) is 7. The minimum atomic E-state index is -0.394. The Labute approximate surface area is 198 Å². The molecule has 1 saturated heterocycles. The van der Waals surface area contributed by atoms with Crippen LogP contribution in [0.2, 0.25) is 0 Å². The molecular weight excluding hydrogens is 434 g/mol. The van der Waals surface area contributed by atoms with Crippen LogP contribution in [-0.4, -0.2) is 51.5 Å². The largest absolute Gasteiger partial charge is 0.484 e. The molecule has 2 aromatic heterocycles. The summed E-state index contributed by atoms with van der Waals surface area (Å²) >= 11 is 0. The van der Waals surface area contributed by atoms with Crippen molar-refractivity contribution in [2.45, 2.75) is 32.7 Å². The maximum atomic E-state index is 13.0. The van der Waals surface area contributed by atoms with E-state index in [1.165, 1.54) is 0 Å². The molecule has 2 amide bonds. The van der Waals surface area contributed by atoms with Crippen molar-refractivity contribution in [2.75, 3.05) is 19.7 Å². The molecule has 0 saturated carbocycles. The van der Waals surface area contributed by atoms with Crippen LogP contribution in [-0.2, 0) is 9.59 Å². The number of benzene rings is 1. The molecule has 1 N–H and O–H groups in total. The summed E-state index contributed by atoms with van der Waals surface area (Å²) in [5.74, 6) is 1.25. The number of carbonyl (C=O) groups is 2. The summed E-state index contributed by atoms with van der Waals surface area (Å²) in [7, 11) is 0. The van der Waals surface area contributed by atoms with Crippen molar-refractivity contribution in [2.24, 2.45) is 11.8 Å². The molecule has 1 aromatic carbocycles. The zero-order valence-electron chi connectivity index (χ0n) is 19.4. The van der Waals surface area contributed by atoms with Gasteiger partial charge in [0.25, 0.3) is 5.91 Å². The van der Waals surface area contributed by atoms with E-state index >= 15 is 0 Å². The number of para-hydroxylation sites is 1. The molecule has 0 radical (unpaired) electrons. The lowest BCUT2D eigenvalue weighted by atomic mass is 9.94. The van der Waals surface area contributed by atoms with Gasteiger partial charge in [0, 0.05) is 37.0 Å². The molecule has 1 fully saturated rings. The fourth-order valence-corrected chi connectivity index (χ4v) is 3.91. The molecule has 1 aliphatic heterocycles. The van der Waals surface area contributed by atoms with Crippen LogP contribution in [0.15, 0.2) is 59.4 Å². The molecule has 9 nitrogen and oxygen atoms in total. The quantitative estimate of drug-likeness (QED) is 0.546. The minimum absolute atomic E-state index is 0.00667. The molecule has 178 valence electrons. The normalized spacial score (nSPS) is 15.2. The predicted molar refractivity (Wildman–Crippen MR) is 124 cm³/mol. The lowest BCUT2D eigenvalue weighted by Gasteiger charge is -2.32. The van der Waals surface area contributed by atoms with Crippen LogP contribution in [0.25, 0.3) is 11.4 Å². The van der Waals surface area contributed by atoms with Crippen LogP contribution in [0, 0.1) is 11.8 Å². The van der Waals surface area contributed by atoms with Gasteiger partial charge in [-0.15, -0.1) is 0 Å². The van der Waals surface area contributed by atoms with E-state index < -0.39 is 6.04 Å². The van der Waals surface area contributed by atoms with Crippen LogP contribution in [0.1, 0.15) is 38.6 Å². The van der Waals surface area contributed by atoms with Crippen LogP contribution in [0.4, 0.5) is 0 Å². The standard InChI is InChI=1S/C25H29N5O4/c1-17(2)22(25-28-23(29-34-25)18-8-12-26-13-9-18)27-24(32)19-10-14-30(15-11-19)21(31)16-33-20-6-4-3-5-7-20/h3-9,12-13,17,19,22H,10-11,14-16H2,1-2H3,(H,27,32). The first-order valence-corrected chi connectivity index (χ1v) is 11.5. The van der Waals surface area contributed by atoms with Crippen LogP contribution in [0.3, 0.4) is 0 Å². The minimum Gasteiger partial charge on any atom is -0.484 e. The molecule has 3 aromatic rings. The third-order valence-electron chi connectivity index (χ3n) is 5.93. The van der Waals surface area contributed by atoms with Crippen LogP contribution >= 0.6 is 0 Å². The highest BCUT2D eigenvalue weighted by molar-refractivity contribution is 5.81. The van der Waals surface area contributed by atoms with E-state index in [4.69, 9.17) is 9.26 Å². The van der Waals surface area contributed by atoms with Crippen molar-refractivity contribution < 1.29 is 18.8 Å². The number of carbonyl (C=O) groups excluding carboxylic acids is 2. The van der Waals surface area contributed by atoms with Crippen molar-refractivity contribution in [3.8, 4) is 17.1 Å². The van der Waals surface area contributed by atoms with Gasteiger partial charge in [0.15, 0.2) is 6.61 Å². The first kappa shape index (κ1) is 23.4. The average molecular weight is 464 g/mol. The first-order chi connectivity index (χ1) is 16.5. The first-order valence-electron chi connectivity index (χ1n) is 11.5. The predicted octanol–water partition coefficient (Wildman–Crippen LogP) is 3.26. The Morgan fingerprint density at radius 2 is 1.82 bits per heavy atom. The maximum Gasteiger partial charge on any atom is 0.260 e. The second kappa shape index (κ2) is 10.9. The number of nitrogens with one attached hydrogen (secondary N) is 1. The summed E-state index contributed by atoms with van der Waals surface area (Å²) < 4.78 is 11.0. The van der Waals surface area contributed by atoms with Gasteiger partial charge in [-0.3, -0.25) is 14.6 Å². The van der Waals surface area contributed by atoms with Crippen molar-refractivity contribution in [3.05, 3.63) is 60.7 Å². The SMILES string of the molecule is CC(C)C(NC(=O)C1CCN(C(=O)COc2ccccc2)CC1)c1nc(-c2ccncc2)no1. The third-order valence-corrected chi connectivity index (χ3v) is 5.93. The zero-order chi connectivity index (χ0) is 23.9. The molecular formula is C25H29N5O4. The number of hydrogen-bond donors (Lipinski definition) is 1. The van der Waals surface area contributed by atoms with E-state index in [1.807, 2.05) is 44.2 Å². The smallest absolute Gasteiger partial charge is 0.260 e. The van der Waals surface area contributed by atoms with E-state index in [0.29, 0.717) is 43.4 Å². The van der Waals surface area contributed by atoms with E-state index in [1.54, 1.807) is 29.4 Å². The monoisotopic (exact) mass is 463 g/mol. The zero-order valence-corrected chi connectivity index (χ0v) is 19.4. The van der Waals surface area contributed by atoms with Gasteiger partial charge in [0.1, 0.15) is 11.8 Å². The number of rotatable bonds is 8. The Morgan fingerprint density at radius 3 is 2.50 bits per heavy atom. The topological polar surface area (TPSA) is 110 Å². The summed E-state index contributed by atoms with van der Waals surface area (Å²) in [5.41, 5.74) is 0.798. The molecule has 0 spiro atoms. The molecule has 3 heterocycles. The Kier molecular flexibility index (Phi) is 7.51. The highest BCUT2D eigenvalue weighted by Crippen LogP contribution is 2.25. The van der Waals surface area contributed by atoms with Crippen LogP contribution in [0.5, 0.6) is 5.75 Å². The Bertz CT molecular complexity index is 1080. The van der Waals surface area contributed by atoms with E-state index in [9.17, 15) is 9.59 Å².